The number of hydrogen-bond donors (Lipinski definition) is 0. The Morgan fingerprint density at radius 1 is 1.29 bits per heavy atom. The standard InChI is InChI=1S/C13H9NO2S/c1-8-7-17-12(14-8)10-6-9-4-2-3-5-11(9)16-13(10)15/h2-7H,1H3. The molecule has 17 heavy (non-hydrogen) atoms. The van der Waals surface area contributed by atoms with E-state index in [0.717, 1.165) is 11.1 Å². The van der Waals surface area contributed by atoms with Gasteiger partial charge in [0.25, 0.3) is 0 Å². The van der Waals surface area contributed by atoms with Crippen molar-refractivity contribution in [3.05, 3.63) is 51.8 Å². The quantitative estimate of drug-likeness (QED) is 0.616. The maximum Gasteiger partial charge on any atom is 0.346 e. The molecule has 0 unspecified atom stereocenters. The van der Waals surface area contributed by atoms with Crippen LogP contribution in [0.3, 0.4) is 0 Å². The van der Waals surface area contributed by atoms with Crippen molar-refractivity contribution in [3.63, 3.8) is 0 Å². The number of aromatic nitrogens is 1. The second kappa shape index (κ2) is 3.82. The van der Waals surface area contributed by atoms with Crippen molar-refractivity contribution < 1.29 is 4.42 Å². The molecule has 0 fully saturated rings. The third-order valence-corrected chi connectivity index (χ3v) is 3.48. The van der Waals surface area contributed by atoms with Gasteiger partial charge in [0, 0.05) is 16.5 Å². The minimum absolute atomic E-state index is 0.335. The lowest BCUT2D eigenvalue weighted by atomic mass is 10.2. The van der Waals surface area contributed by atoms with E-state index >= 15 is 0 Å². The van der Waals surface area contributed by atoms with E-state index in [1.165, 1.54) is 11.3 Å². The predicted molar refractivity (Wildman–Crippen MR) is 68.3 cm³/mol. The van der Waals surface area contributed by atoms with Crippen molar-refractivity contribution in [1.29, 1.82) is 0 Å². The van der Waals surface area contributed by atoms with Crippen LogP contribution in [-0.4, -0.2) is 4.98 Å². The van der Waals surface area contributed by atoms with Gasteiger partial charge in [0.05, 0.1) is 5.56 Å². The molecule has 0 radical (unpaired) electrons. The van der Waals surface area contributed by atoms with Gasteiger partial charge in [-0.2, -0.15) is 0 Å². The zero-order valence-electron chi connectivity index (χ0n) is 9.14. The Bertz CT molecular complexity index is 742. The van der Waals surface area contributed by atoms with E-state index in [1.807, 2.05) is 36.6 Å². The zero-order chi connectivity index (χ0) is 11.8. The lowest BCUT2D eigenvalue weighted by Gasteiger charge is -1.98. The van der Waals surface area contributed by atoms with Crippen LogP contribution in [0.1, 0.15) is 5.69 Å². The molecule has 0 spiro atoms. The summed E-state index contributed by atoms with van der Waals surface area (Å²) in [5, 5.41) is 3.54. The van der Waals surface area contributed by atoms with Gasteiger partial charge in [-0.25, -0.2) is 9.78 Å². The fraction of sp³-hybridized carbons (Fsp3) is 0.0769. The minimum Gasteiger partial charge on any atom is -0.422 e. The van der Waals surface area contributed by atoms with Gasteiger partial charge in [-0.15, -0.1) is 11.3 Å². The molecule has 0 saturated carbocycles. The molecule has 2 aromatic heterocycles. The molecule has 0 bridgehead atoms. The fourth-order valence-corrected chi connectivity index (χ4v) is 2.49. The van der Waals surface area contributed by atoms with E-state index < -0.39 is 0 Å². The van der Waals surface area contributed by atoms with Gasteiger partial charge in [-0.05, 0) is 19.1 Å². The summed E-state index contributed by atoms with van der Waals surface area (Å²) in [6.45, 7) is 1.91. The van der Waals surface area contributed by atoms with Gasteiger partial charge in [-0.3, -0.25) is 0 Å². The first-order valence-corrected chi connectivity index (χ1v) is 6.07. The van der Waals surface area contributed by atoms with Crippen LogP contribution >= 0.6 is 11.3 Å². The molecule has 0 atom stereocenters. The molecule has 4 heteroatoms. The summed E-state index contributed by atoms with van der Waals surface area (Å²) in [6.07, 6.45) is 0. The van der Waals surface area contributed by atoms with Gasteiger partial charge in [0.2, 0.25) is 0 Å². The molecule has 1 aromatic carbocycles. The van der Waals surface area contributed by atoms with Crippen molar-refractivity contribution in [2.24, 2.45) is 0 Å². The van der Waals surface area contributed by atoms with Gasteiger partial charge >= 0.3 is 5.63 Å². The average molecular weight is 243 g/mol. The van der Waals surface area contributed by atoms with Gasteiger partial charge in [-0.1, -0.05) is 18.2 Å². The minimum atomic E-state index is -0.335. The van der Waals surface area contributed by atoms with Crippen LogP contribution in [0.4, 0.5) is 0 Å². The second-order valence-corrected chi connectivity index (χ2v) is 4.64. The maximum absolute atomic E-state index is 11.8. The average Bonchev–Trinajstić information content (AvgIpc) is 2.75. The molecule has 0 amide bonds. The van der Waals surface area contributed by atoms with E-state index in [2.05, 4.69) is 4.98 Å². The lowest BCUT2D eigenvalue weighted by molar-refractivity contribution is 0.563. The molecule has 3 aromatic rings. The van der Waals surface area contributed by atoms with E-state index in [1.54, 1.807) is 6.07 Å². The van der Waals surface area contributed by atoms with E-state index in [0.29, 0.717) is 16.2 Å². The summed E-state index contributed by atoms with van der Waals surface area (Å²) < 4.78 is 5.27. The highest BCUT2D eigenvalue weighted by Crippen LogP contribution is 2.23. The Labute approximate surface area is 101 Å². The van der Waals surface area contributed by atoms with Gasteiger partial charge in [0.1, 0.15) is 10.6 Å². The first kappa shape index (κ1) is 10.2. The molecular formula is C13H9NO2S. The molecule has 0 aliphatic heterocycles. The van der Waals surface area contributed by atoms with Crippen molar-refractivity contribution >= 4 is 22.3 Å². The normalized spacial score (nSPS) is 10.9. The van der Waals surface area contributed by atoms with Crippen LogP contribution in [0.25, 0.3) is 21.5 Å². The van der Waals surface area contributed by atoms with E-state index in [4.69, 9.17) is 4.42 Å². The fourth-order valence-electron chi connectivity index (χ4n) is 1.69. The lowest BCUT2D eigenvalue weighted by Crippen LogP contribution is -2.02. The summed E-state index contributed by atoms with van der Waals surface area (Å²) in [6, 6.07) is 9.30. The van der Waals surface area contributed by atoms with Crippen molar-refractivity contribution in [1.82, 2.24) is 4.98 Å². The topological polar surface area (TPSA) is 43.1 Å². The molecule has 3 nitrogen and oxygen atoms in total. The van der Waals surface area contributed by atoms with Crippen LogP contribution < -0.4 is 5.63 Å². The van der Waals surface area contributed by atoms with Crippen LogP contribution in [0.15, 0.2) is 44.9 Å². The number of hydrogen-bond acceptors (Lipinski definition) is 4. The van der Waals surface area contributed by atoms with Crippen LogP contribution in [-0.2, 0) is 0 Å². The smallest absolute Gasteiger partial charge is 0.346 e. The highest BCUT2D eigenvalue weighted by molar-refractivity contribution is 7.13. The summed E-state index contributed by atoms with van der Waals surface area (Å²) in [4.78, 5) is 16.1. The Kier molecular flexibility index (Phi) is 2.30. The Morgan fingerprint density at radius 3 is 2.88 bits per heavy atom. The first-order valence-electron chi connectivity index (χ1n) is 5.19. The molecule has 0 aliphatic rings. The van der Waals surface area contributed by atoms with Gasteiger partial charge < -0.3 is 4.42 Å². The SMILES string of the molecule is Cc1csc(-c2cc3ccccc3oc2=O)n1. The summed E-state index contributed by atoms with van der Waals surface area (Å²) >= 11 is 1.45. The number of nitrogens with zero attached hydrogens (tertiary/aromatic N) is 1. The summed E-state index contributed by atoms with van der Waals surface area (Å²) in [5.41, 5.74) is 1.71. The van der Waals surface area contributed by atoms with Crippen molar-refractivity contribution in [2.75, 3.05) is 0 Å². The molecule has 0 aliphatic carbocycles. The molecular weight excluding hydrogens is 234 g/mol. The number of aryl methyl sites for hydroxylation is 1. The molecule has 84 valence electrons. The zero-order valence-corrected chi connectivity index (χ0v) is 9.95. The number of fused-ring (bicyclic) bond motifs is 1. The molecule has 0 N–H and O–H groups in total. The predicted octanol–water partition coefficient (Wildman–Crippen LogP) is 3.22. The second-order valence-electron chi connectivity index (χ2n) is 3.78. The van der Waals surface area contributed by atoms with Crippen molar-refractivity contribution in [2.45, 2.75) is 6.92 Å². The van der Waals surface area contributed by atoms with Crippen LogP contribution in [0.2, 0.25) is 0 Å². The van der Waals surface area contributed by atoms with Crippen molar-refractivity contribution in [3.8, 4) is 10.6 Å². The number of thiazole rings is 1. The number of para-hydroxylation sites is 1. The summed E-state index contributed by atoms with van der Waals surface area (Å²) in [5.74, 6) is 0. The Morgan fingerprint density at radius 2 is 2.12 bits per heavy atom. The third-order valence-electron chi connectivity index (χ3n) is 2.49. The number of benzene rings is 1. The highest BCUT2D eigenvalue weighted by Gasteiger charge is 2.10. The first-order chi connectivity index (χ1) is 8.24. The van der Waals surface area contributed by atoms with Crippen LogP contribution in [0.5, 0.6) is 0 Å². The molecule has 3 rings (SSSR count). The maximum atomic E-state index is 11.8. The highest BCUT2D eigenvalue weighted by atomic mass is 32.1. The summed E-state index contributed by atoms with van der Waals surface area (Å²) in [7, 11) is 0. The molecule has 0 saturated heterocycles. The Balaban J connectivity index is 2.30. The van der Waals surface area contributed by atoms with Gasteiger partial charge in [0.15, 0.2) is 0 Å². The van der Waals surface area contributed by atoms with E-state index in [9.17, 15) is 4.79 Å². The molecule has 2 heterocycles. The number of rotatable bonds is 1. The van der Waals surface area contributed by atoms with Crippen LogP contribution in [0, 0.1) is 6.92 Å². The monoisotopic (exact) mass is 243 g/mol. The van der Waals surface area contributed by atoms with E-state index in [-0.39, 0.29) is 5.63 Å². The third kappa shape index (κ3) is 1.76. The largest absolute Gasteiger partial charge is 0.422 e. The Hall–Kier alpha value is -1.94.